The van der Waals surface area contributed by atoms with Crippen molar-refractivity contribution in [3.8, 4) is 0 Å². The molecule has 0 unspecified atom stereocenters. The third-order valence-corrected chi connectivity index (χ3v) is 6.47. The van der Waals surface area contributed by atoms with Crippen LogP contribution >= 0.6 is 23.2 Å². The lowest BCUT2D eigenvalue weighted by molar-refractivity contribution is -0.384. The second-order valence-electron chi connectivity index (χ2n) is 8.44. The summed E-state index contributed by atoms with van der Waals surface area (Å²) in [6.07, 6.45) is -4.01. The normalized spacial score (nSPS) is 11.5. The zero-order valence-electron chi connectivity index (χ0n) is 19.3. The summed E-state index contributed by atoms with van der Waals surface area (Å²) >= 11 is 12.2. The van der Waals surface area contributed by atoms with Crippen LogP contribution in [0.5, 0.6) is 0 Å². The summed E-state index contributed by atoms with van der Waals surface area (Å²) in [5.74, 6) is -0.245. The van der Waals surface area contributed by atoms with Crippen molar-refractivity contribution in [2.75, 3.05) is 11.9 Å². The fourth-order valence-electron chi connectivity index (χ4n) is 4.12. The first-order valence-electron chi connectivity index (χ1n) is 11.3. The number of anilines is 1. The van der Waals surface area contributed by atoms with Crippen LogP contribution in [0.25, 0.3) is 0 Å². The molecule has 4 aromatic rings. The maximum atomic E-state index is 12.8. The molecule has 37 heavy (non-hydrogen) atoms. The van der Waals surface area contributed by atoms with Crippen molar-refractivity contribution in [1.82, 2.24) is 0 Å². The first-order chi connectivity index (χ1) is 17.6. The molecule has 0 amide bonds. The Hall–Kier alpha value is -3.55. The lowest BCUT2D eigenvalue weighted by Crippen LogP contribution is -2.10. The smallest absolute Gasteiger partial charge is 0.379 e. The number of halogens is 5. The number of rotatable bonds is 8. The Kier molecular flexibility index (Phi) is 8.05. The molecule has 1 N–H and O–H groups in total. The summed E-state index contributed by atoms with van der Waals surface area (Å²) in [5, 5.41) is 16.0. The van der Waals surface area contributed by atoms with Crippen molar-refractivity contribution < 1.29 is 18.1 Å². The molecule has 190 valence electrons. The summed E-state index contributed by atoms with van der Waals surface area (Å²) in [5.41, 5.74) is 2.88. The molecule has 0 fully saturated rings. The van der Waals surface area contributed by atoms with E-state index in [1.165, 1.54) is 18.2 Å². The van der Waals surface area contributed by atoms with Gasteiger partial charge in [0.25, 0.3) is 5.69 Å². The van der Waals surface area contributed by atoms with Gasteiger partial charge in [-0.25, -0.2) is 0 Å². The molecule has 0 heterocycles. The quantitative estimate of drug-likeness (QED) is 0.137. The van der Waals surface area contributed by atoms with Crippen molar-refractivity contribution in [3.05, 3.63) is 139 Å². The standard InChI is InChI=1S/C28H21Cl2F3N2O2/c29-23-10-3-19(4-11-23)27(20-5-12-24(30)13-6-20)21-7-14-26(35(36)37)25(17-21)34-16-15-18-1-8-22(9-2-18)28(31,32)33/h1-14,17,27,34H,15-16H2. The van der Waals surface area contributed by atoms with Gasteiger partial charge in [0.05, 0.1) is 10.5 Å². The van der Waals surface area contributed by atoms with Crippen molar-refractivity contribution in [1.29, 1.82) is 0 Å². The van der Waals surface area contributed by atoms with E-state index in [9.17, 15) is 23.3 Å². The number of hydrogen-bond donors (Lipinski definition) is 1. The lowest BCUT2D eigenvalue weighted by Gasteiger charge is -2.20. The Bertz CT molecular complexity index is 1330. The van der Waals surface area contributed by atoms with Gasteiger partial charge >= 0.3 is 6.18 Å². The number of nitrogens with one attached hydrogen (secondary N) is 1. The molecule has 0 spiro atoms. The highest BCUT2D eigenvalue weighted by Crippen LogP contribution is 2.37. The predicted octanol–water partition coefficient (Wildman–Crippen LogP) is 8.76. The minimum Gasteiger partial charge on any atom is -0.379 e. The molecule has 0 atom stereocenters. The fraction of sp³-hybridized carbons (Fsp3) is 0.143. The van der Waals surface area contributed by atoms with Crippen LogP contribution in [0.4, 0.5) is 24.5 Å². The maximum absolute atomic E-state index is 12.8. The molecule has 0 bridgehead atoms. The van der Waals surface area contributed by atoms with Crippen LogP contribution < -0.4 is 5.32 Å². The predicted molar refractivity (Wildman–Crippen MR) is 141 cm³/mol. The Balaban J connectivity index is 1.63. The number of nitro benzene ring substituents is 1. The van der Waals surface area contributed by atoms with Gasteiger partial charge in [0.2, 0.25) is 0 Å². The highest BCUT2D eigenvalue weighted by atomic mass is 35.5. The summed E-state index contributed by atoms with van der Waals surface area (Å²) < 4.78 is 38.4. The highest BCUT2D eigenvalue weighted by Gasteiger charge is 2.30. The molecular weight excluding hydrogens is 524 g/mol. The molecule has 0 aromatic heterocycles. The molecule has 4 aromatic carbocycles. The van der Waals surface area contributed by atoms with Gasteiger partial charge in [0.1, 0.15) is 5.69 Å². The van der Waals surface area contributed by atoms with Crippen LogP contribution in [0.15, 0.2) is 91.0 Å². The van der Waals surface area contributed by atoms with E-state index >= 15 is 0 Å². The molecule has 0 radical (unpaired) electrons. The van der Waals surface area contributed by atoms with E-state index < -0.39 is 16.7 Å². The van der Waals surface area contributed by atoms with Crippen LogP contribution in [0.3, 0.4) is 0 Å². The average molecular weight is 545 g/mol. The van der Waals surface area contributed by atoms with Gasteiger partial charge in [-0.2, -0.15) is 13.2 Å². The van der Waals surface area contributed by atoms with E-state index in [0.717, 1.165) is 28.8 Å². The molecular formula is C28H21Cl2F3N2O2. The van der Waals surface area contributed by atoms with Crippen LogP contribution in [-0.4, -0.2) is 11.5 Å². The number of nitro groups is 1. The van der Waals surface area contributed by atoms with Crippen LogP contribution in [-0.2, 0) is 12.6 Å². The average Bonchev–Trinajstić information content (AvgIpc) is 2.86. The van der Waals surface area contributed by atoms with Gasteiger partial charge in [0.15, 0.2) is 0 Å². The van der Waals surface area contributed by atoms with E-state index in [4.69, 9.17) is 23.2 Å². The van der Waals surface area contributed by atoms with Crippen molar-refractivity contribution in [3.63, 3.8) is 0 Å². The van der Waals surface area contributed by atoms with Crippen molar-refractivity contribution in [2.45, 2.75) is 18.5 Å². The van der Waals surface area contributed by atoms with Crippen LogP contribution in [0.2, 0.25) is 10.0 Å². The second-order valence-corrected chi connectivity index (χ2v) is 9.31. The van der Waals surface area contributed by atoms with Crippen LogP contribution in [0.1, 0.15) is 33.7 Å². The topological polar surface area (TPSA) is 55.2 Å². The van der Waals surface area contributed by atoms with Gasteiger partial charge in [-0.1, -0.05) is 65.7 Å². The van der Waals surface area contributed by atoms with E-state index in [0.29, 0.717) is 34.3 Å². The summed E-state index contributed by atoms with van der Waals surface area (Å²) in [7, 11) is 0. The van der Waals surface area contributed by atoms with Crippen molar-refractivity contribution in [2.24, 2.45) is 0 Å². The first kappa shape index (κ1) is 26.5. The molecule has 0 saturated carbocycles. The third kappa shape index (κ3) is 6.61. The Labute approximate surface area is 221 Å². The largest absolute Gasteiger partial charge is 0.416 e. The second kappa shape index (κ2) is 11.2. The van der Waals surface area contributed by atoms with Crippen molar-refractivity contribution >= 4 is 34.6 Å². The fourth-order valence-corrected chi connectivity index (χ4v) is 4.38. The lowest BCUT2D eigenvalue weighted by atomic mass is 9.85. The van der Waals surface area contributed by atoms with Crippen LogP contribution in [0, 0.1) is 10.1 Å². The summed E-state index contributed by atoms with van der Waals surface area (Å²) in [6.45, 7) is 0.294. The van der Waals surface area contributed by atoms with Gasteiger partial charge in [0, 0.05) is 28.6 Å². The first-order valence-corrected chi connectivity index (χ1v) is 12.1. The Morgan fingerprint density at radius 2 is 1.30 bits per heavy atom. The number of benzene rings is 4. The highest BCUT2D eigenvalue weighted by molar-refractivity contribution is 6.30. The molecule has 0 saturated heterocycles. The zero-order valence-corrected chi connectivity index (χ0v) is 20.8. The summed E-state index contributed by atoms with van der Waals surface area (Å²) in [4.78, 5) is 11.2. The van der Waals surface area contributed by atoms with E-state index in [1.54, 1.807) is 36.4 Å². The third-order valence-electron chi connectivity index (χ3n) is 5.97. The molecule has 0 aliphatic carbocycles. The maximum Gasteiger partial charge on any atom is 0.416 e. The molecule has 4 rings (SSSR count). The zero-order chi connectivity index (χ0) is 26.6. The van der Waals surface area contributed by atoms with E-state index in [2.05, 4.69) is 5.32 Å². The minimum absolute atomic E-state index is 0.0952. The SMILES string of the molecule is O=[N+]([O-])c1ccc(C(c2ccc(Cl)cc2)c2ccc(Cl)cc2)cc1NCCc1ccc(C(F)(F)F)cc1. The minimum atomic E-state index is -4.40. The van der Waals surface area contributed by atoms with Gasteiger partial charge in [-0.15, -0.1) is 0 Å². The van der Waals surface area contributed by atoms with Gasteiger partial charge in [-0.05, 0) is 71.1 Å². The number of nitrogens with zero attached hydrogens (tertiary/aromatic N) is 1. The Morgan fingerprint density at radius 1 is 0.784 bits per heavy atom. The van der Waals surface area contributed by atoms with E-state index in [-0.39, 0.29) is 11.6 Å². The van der Waals surface area contributed by atoms with Gasteiger partial charge in [-0.3, -0.25) is 10.1 Å². The Morgan fingerprint density at radius 3 is 1.78 bits per heavy atom. The summed E-state index contributed by atoms with van der Waals surface area (Å²) in [6, 6.07) is 24.5. The van der Waals surface area contributed by atoms with E-state index in [1.807, 2.05) is 24.3 Å². The number of alkyl halides is 3. The molecule has 9 heteroatoms. The molecule has 0 aliphatic rings. The molecule has 0 aliphatic heterocycles. The van der Waals surface area contributed by atoms with Gasteiger partial charge < -0.3 is 5.32 Å². The molecule has 4 nitrogen and oxygen atoms in total. The monoisotopic (exact) mass is 544 g/mol. The number of hydrogen-bond acceptors (Lipinski definition) is 3.